The third-order valence-electron chi connectivity index (χ3n) is 4.88. The molecule has 0 bridgehead atoms. The molecule has 10 nitrogen and oxygen atoms in total. The van der Waals surface area contributed by atoms with Crippen LogP contribution in [0.25, 0.3) is 16.7 Å². The molecule has 2 heterocycles. The van der Waals surface area contributed by atoms with Gasteiger partial charge in [-0.15, -0.1) is 0 Å². The van der Waals surface area contributed by atoms with Gasteiger partial charge < -0.3 is 16.0 Å². The Bertz CT molecular complexity index is 1280. The summed E-state index contributed by atoms with van der Waals surface area (Å²) in [5.41, 5.74) is 12.4. The van der Waals surface area contributed by atoms with Crippen LogP contribution < -0.4 is 16.5 Å². The third-order valence-corrected chi connectivity index (χ3v) is 4.88. The summed E-state index contributed by atoms with van der Waals surface area (Å²) in [6.45, 7) is 1.39. The van der Waals surface area contributed by atoms with Crippen molar-refractivity contribution < 1.29 is 4.79 Å². The summed E-state index contributed by atoms with van der Waals surface area (Å²) in [5, 5.41) is 12.3. The maximum Gasteiger partial charge on any atom is 0.251 e. The minimum atomic E-state index is -0.0981. The van der Waals surface area contributed by atoms with Crippen LogP contribution in [-0.2, 0) is 0 Å². The first-order valence-corrected chi connectivity index (χ1v) is 10.4. The molecule has 0 saturated carbocycles. The fourth-order valence-corrected chi connectivity index (χ4v) is 3.16. The van der Waals surface area contributed by atoms with Crippen LogP contribution in [0.2, 0.25) is 0 Å². The maximum absolute atomic E-state index is 12.2. The van der Waals surface area contributed by atoms with E-state index >= 15 is 0 Å². The van der Waals surface area contributed by atoms with E-state index in [0.717, 1.165) is 23.2 Å². The smallest absolute Gasteiger partial charge is 0.251 e. The Morgan fingerprint density at radius 3 is 2.76 bits per heavy atom. The van der Waals surface area contributed by atoms with Crippen molar-refractivity contribution >= 4 is 34.7 Å². The fourth-order valence-electron chi connectivity index (χ4n) is 3.16. The molecular formula is C23H25N9O. The highest BCUT2D eigenvalue weighted by molar-refractivity contribution is 5.95. The topological polar surface area (TPSA) is 126 Å². The second kappa shape index (κ2) is 9.88. The molecule has 0 aliphatic carbocycles. The number of benzene rings is 2. The van der Waals surface area contributed by atoms with Gasteiger partial charge in [-0.05, 0) is 50.0 Å². The zero-order valence-corrected chi connectivity index (χ0v) is 18.4. The lowest BCUT2D eigenvalue weighted by Crippen LogP contribution is -2.31. The number of nitrogen functional groups attached to an aromatic ring is 1. The minimum Gasteiger partial charge on any atom is -0.399 e. The van der Waals surface area contributed by atoms with Gasteiger partial charge in [-0.2, -0.15) is 10.2 Å². The summed E-state index contributed by atoms with van der Waals surface area (Å²) in [4.78, 5) is 22.8. The van der Waals surface area contributed by atoms with E-state index < -0.39 is 0 Å². The summed E-state index contributed by atoms with van der Waals surface area (Å²) < 4.78 is 1.70. The predicted molar refractivity (Wildman–Crippen MR) is 130 cm³/mol. The Balaban J connectivity index is 1.43. The van der Waals surface area contributed by atoms with E-state index in [0.29, 0.717) is 29.3 Å². The van der Waals surface area contributed by atoms with Crippen LogP contribution in [-0.4, -0.2) is 64.0 Å². The number of hydrogen-bond acceptors (Lipinski definition) is 8. The monoisotopic (exact) mass is 443 g/mol. The number of amides is 1. The van der Waals surface area contributed by atoms with Gasteiger partial charge in [0.15, 0.2) is 11.5 Å². The van der Waals surface area contributed by atoms with Gasteiger partial charge in [-0.25, -0.2) is 14.6 Å². The SMILES string of the molecule is CN(C)CCNC(=O)c1ccc(/C=N/Nc2ncnc3c2cnn3-c2cccc(N)c2)cc1. The lowest BCUT2D eigenvalue weighted by atomic mass is 10.1. The first-order valence-electron chi connectivity index (χ1n) is 10.4. The third kappa shape index (κ3) is 5.31. The van der Waals surface area contributed by atoms with Crippen LogP contribution >= 0.6 is 0 Å². The van der Waals surface area contributed by atoms with Crippen LogP contribution in [0.4, 0.5) is 11.5 Å². The molecule has 0 saturated heterocycles. The molecule has 0 aliphatic heterocycles. The first-order chi connectivity index (χ1) is 16.0. The Hall–Kier alpha value is -4.31. The standard InChI is InChI=1S/C23H25N9O/c1-31(2)11-10-25-23(33)17-8-6-16(7-9-17)13-28-30-21-20-14-29-32(22(20)27-15-26-21)19-5-3-4-18(24)12-19/h3-9,12-15H,10-11,24H2,1-2H3,(H,25,33)(H,26,27,30)/b28-13+. The average Bonchev–Trinajstić information content (AvgIpc) is 3.24. The molecule has 4 N–H and O–H groups in total. The molecule has 168 valence electrons. The number of hydrazone groups is 1. The van der Waals surface area contributed by atoms with E-state index in [2.05, 4.69) is 30.9 Å². The van der Waals surface area contributed by atoms with Crippen molar-refractivity contribution in [3.05, 3.63) is 72.2 Å². The molecule has 0 atom stereocenters. The number of carbonyl (C=O) groups excluding carboxylic acids is 1. The Morgan fingerprint density at radius 2 is 2.00 bits per heavy atom. The maximum atomic E-state index is 12.2. The predicted octanol–water partition coefficient (Wildman–Crippen LogP) is 2.14. The molecule has 2 aromatic carbocycles. The van der Waals surface area contributed by atoms with Crippen molar-refractivity contribution in [2.24, 2.45) is 5.10 Å². The fraction of sp³-hybridized carbons (Fsp3) is 0.174. The number of carbonyl (C=O) groups is 1. The molecular weight excluding hydrogens is 418 g/mol. The number of nitrogens with zero attached hydrogens (tertiary/aromatic N) is 6. The van der Waals surface area contributed by atoms with Gasteiger partial charge in [0.25, 0.3) is 5.91 Å². The molecule has 0 aliphatic rings. The number of nitrogens with one attached hydrogen (secondary N) is 2. The molecule has 4 aromatic rings. The number of nitrogens with two attached hydrogens (primary N) is 1. The molecule has 0 radical (unpaired) electrons. The van der Waals surface area contributed by atoms with Gasteiger partial charge in [0.1, 0.15) is 6.33 Å². The highest BCUT2D eigenvalue weighted by Gasteiger charge is 2.11. The summed E-state index contributed by atoms with van der Waals surface area (Å²) in [6.07, 6.45) is 4.79. The summed E-state index contributed by atoms with van der Waals surface area (Å²) in [5.74, 6) is 0.433. The lowest BCUT2D eigenvalue weighted by molar-refractivity contribution is 0.0951. The lowest BCUT2D eigenvalue weighted by Gasteiger charge is -2.10. The van der Waals surface area contributed by atoms with Crippen LogP contribution in [0, 0.1) is 0 Å². The van der Waals surface area contributed by atoms with Crippen LogP contribution in [0.1, 0.15) is 15.9 Å². The van der Waals surface area contributed by atoms with Crippen molar-refractivity contribution in [1.82, 2.24) is 30.0 Å². The van der Waals surface area contributed by atoms with E-state index in [4.69, 9.17) is 5.73 Å². The molecule has 33 heavy (non-hydrogen) atoms. The molecule has 10 heteroatoms. The van der Waals surface area contributed by atoms with E-state index in [1.165, 1.54) is 6.33 Å². The number of rotatable bonds is 8. The Kier molecular flexibility index (Phi) is 6.56. The highest BCUT2D eigenvalue weighted by Crippen LogP contribution is 2.22. The van der Waals surface area contributed by atoms with Gasteiger partial charge in [0, 0.05) is 24.3 Å². The Morgan fingerprint density at radius 1 is 1.18 bits per heavy atom. The van der Waals surface area contributed by atoms with E-state index in [-0.39, 0.29) is 5.91 Å². The number of fused-ring (bicyclic) bond motifs is 1. The van der Waals surface area contributed by atoms with Crippen molar-refractivity contribution in [2.45, 2.75) is 0 Å². The number of aromatic nitrogens is 4. The van der Waals surface area contributed by atoms with Gasteiger partial charge in [-0.3, -0.25) is 10.2 Å². The van der Waals surface area contributed by atoms with Gasteiger partial charge in [0.05, 0.1) is 23.5 Å². The summed E-state index contributed by atoms with van der Waals surface area (Å²) in [6, 6.07) is 14.6. The van der Waals surface area contributed by atoms with Crippen LogP contribution in [0.5, 0.6) is 0 Å². The second-order valence-corrected chi connectivity index (χ2v) is 7.66. The van der Waals surface area contributed by atoms with Crippen LogP contribution in [0.3, 0.4) is 0 Å². The van der Waals surface area contributed by atoms with Gasteiger partial charge >= 0.3 is 0 Å². The van der Waals surface area contributed by atoms with Crippen molar-refractivity contribution in [3.63, 3.8) is 0 Å². The number of hydrogen-bond donors (Lipinski definition) is 3. The molecule has 2 aromatic heterocycles. The van der Waals surface area contributed by atoms with Gasteiger partial charge in [0.2, 0.25) is 0 Å². The van der Waals surface area contributed by atoms with E-state index in [1.54, 1.807) is 29.2 Å². The zero-order valence-electron chi connectivity index (χ0n) is 18.4. The summed E-state index contributed by atoms with van der Waals surface area (Å²) >= 11 is 0. The van der Waals surface area contributed by atoms with Crippen LogP contribution in [0.15, 0.2) is 66.2 Å². The van der Waals surface area contributed by atoms with Crippen molar-refractivity contribution in [1.29, 1.82) is 0 Å². The Labute approximate surface area is 191 Å². The molecule has 4 rings (SSSR count). The highest BCUT2D eigenvalue weighted by atomic mass is 16.1. The minimum absolute atomic E-state index is 0.0981. The molecule has 0 unspecified atom stereocenters. The van der Waals surface area contributed by atoms with Crippen molar-refractivity contribution in [3.8, 4) is 5.69 Å². The number of anilines is 2. The molecule has 0 fully saturated rings. The largest absolute Gasteiger partial charge is 0.399 e. The number of likely N-dealkylation sites (N-methyl/N-ethyl adjacent to an activating group) is 1. The molecule has 0 spiro atoms. The van der Waals surface area contributed by atoms with Crippen molar-refractivity contribution in [2.75, 3.05) is 38.3 Å². The quantitative estimate of drug-likeness (QED) is 0.216. The zero-order chi connectivity index (χ0) is 23.2. The second-order valence-electron chi connectivity index (χ2n) is 7.66. The average molecular weight is 444 g/mol. The van der Waals surface area contributed by atoms with Gasteiger partial charge in [-0.1, -0.05) is 18.2 Å². The first kappa shape index (κ1) is 21.9. The summed E-state index contributed by atoms with van der Waals surface area (Å²) in [7, 11) is 3.93. The molecule has 1 amide bonds. The van der Waals surface area contributed by atoms with E-state index in [9.17, 15) is 4.79 Å². The van der Waals surface area contributed by atoms with E-state index in [1.807, 2.05) is 55.4 Å². The normalized spacial score (nSPS) is 11.4.